The van der Waals surface area contributed by atoms with Crippen LogP contribution in [0, 0.1) is 11.8 Å². The number of carbonyl (C=O) groups is 3. The quantitative estimate of drug-likeness (QED) is 0.185. The van der Waals surface area contributed by atoms with Crippen molar-refractivity contribution < 1.29 is 27.9 Å². The first kappa shape index (κ1) is 36.3. The molecule has 3 aromatic rings. The van der Waals surface area contributed by atoms with Crippen LogP contribution in [-0.2, 0) is 31.9 Å². The Morgan fingerprint density at radius 1 is 0.783 bits per heavy atom. The van der Waals surface area contributed by atoms with E-state index in [1.165, 1.54) is 13.1 Å². The van der Waals surface area contributed by atoms with Gasteiger partial charge in [-0.25, -0.2) is 8.42 Å². The molecule has 10 nitrogen and oxygen atoms in total. The molecule has 0 fully saturated rings. The van der Waals surface area contributed by atoms with Crippen LogP contribution in [0.15, 0.2) is 84.9 Å². The summed E-state index contributed by atoms with van der Waals surface area (Å²) < 4.78 is 27.3. The highest BCUT2D eigenvalue weighted by Crippen LogP contribution is 2.22. The number of sulfonamides is 1. The van der Waals surface area contributed by atoms with Gasteiger partial charge in [-0.1, -0.05) is 87.5 Å². The van der Waals surface area contributed by atoms with Crippen LogP contribution in [0.25, 0.3) is 0 Å². The topological polar surface area (TPSA) is 145 Å². The number of carbonyl (C=O) groups excluding carboxylic acids is 3. The van der Waals surface area contributed by atoms with Gasteiger partial charge in [-0.15, -0.1) is 0 Å². The Bertz CT molecular complexity index is 1550. The van der Waals surface area contributed by atoms with Gasteiger partial charge in [-0.05, 0) is 55.0 Å². The van der Waals surface area contributed by atoms with Crippen molar-refractivity contribution >= 4 is 33.4 Å². The van der Waals surface area contributed by atoms with Crippen molar-refractivity contribution in [3.8, 4) is 0 Å². The molecule has 0 aliphatic carbocycles. The number of nitrogens with one attached hydrogen (secondary N) is 3. The molecule has 11 heteroatoms. The van der Waals surface area contributed by atoms with Gasteiger partial charge in [0.1, 0.15) is 6.04 Å². The molecule has 248 valence electrons. The lowest BCUT2D eigenvalue weighted by Gasteiger charge is -2.28. The summed E-state index contributed by atoms with van der Waals surface area (Å²) in [5.41, 5.74) is 2.16. The average Bonchev–Trinajstić information content (AvgIpc) is 3.03. The Labute approximate surface area is 272 Å². The van der Waals surface area contributed by atoms with Crippen LogP contribution in [0.1, 0.15) is 62.0 Å². The number of benzene rings is 3. The van der Waals surface area contributed by atoms with Gasteiger partial charge in [0, 0.05) is 25.1 Å². The minimum absolute atomic E-state index is 0.0579. The van der Waals surface area contributed by atoms with Crippen LogP contribution in [0.4, 0.5) is 5.69 Å². The van der Waals surface area contributed by atoms with E-state index in [1.54, 1.807) is 56.3 Å². The summed E-state index contributed by atoms with van der Waals surface area (Å²) >= 11 is 0. The molecule has 0 spiro atoms. The minimum Gasteiger partial charge on any atom is -0.391 e. The fourth-order valence-electron chi connectivity index (χ4n) is 4.95. The van der Waals surface area contributed by atoms with Crippen molar-refractivity contribution in [1.82, 2.24) is 16.0 Å². The smallest absolute Gasteiger partial charge is 0.251 e. The maximum atomic E-state index is 13.3. The van der Waals surface area contributed by atoms with E-state index in [4.69, 9.17) is 0 Å². The Balaban J connectivity index is 1.61. The van der Waals surface area contributed by atoms with Crippen LogP contribution in [-0.4, -0.2) is 56.5 Å². The van der Waals surface area contributed by atoms with E-state index in [0.29, 0.717) is 24.2 Å². The molecule has 0 bridgehead atoms. The van der Waals surface area contributed by atoms with Crippen molar-refractivity contribution in [3.05, 3.63) is 102 Å². The third-order valence-corrected chi connectivity index (χ3v) is 9.44. The molecule has 3 rings (SSSR count). The van der Waals surface area contributed by atoms with Gasteiger partial charge in [0.15, 0.2) is 0 Å². The summed E-state index contributed by atoms with van der Waals surface area (Å²) in [6.45, 7) is 7.53. The van der Waals surface area contributed by atoms with E-state index in [1.807, 2.05) is 50.2 Å². The Kier molecular flexibility index (Phi) is 13.3. The van der Waals surface area contributed by atoms with Gasteiger partial charge in [-0.3, -0.25) is 18.7 Å². The van der Waals surface area contributed by atoms with Gasteiger partial charge in [0.2, 0.25) is 21.8 Å². The van der Waals surface area contributed by atoms with E-state index in [0.717, 1.165) is 9.87 Å². The zero-order chi connectivity index (χ0) is 33.9. The highest BCUT2D eigenvalue weighted by molar-refractivity contribution is 7.92. The molecular formula is C35H46N4O6S. The van der Waals surface area contributed by atoms with E-state index < -0.39 is 40.0 Å². The van der Waals surface area contributed by atoms with Crippen LogP contribution < -0.4 is 20.3 Å². The maximum absolute atomic E-state index is 13.3. The van der Waals surface area contributed by atoms with Crippen LogP contribution >= 0.6 is 0 Å². The highest BCUT2D eigenvalue weighted by Gasteiger charge is 2.28. The summed E-state index contributed by atoms with van der Waals surface area (Å²) in [5, 5.41) is 19.6. The first-order valence-electron chi connectivity index (χ1n) is 15.5. The van der Waals surface area contributed by atoms with E-state index in [2.05, 4.69) is 16.0 Å². The molecule has 4 N–H and O–H groups in total. The number of rotatable bonds is 16. The van der Waals surface area contributed by atoms with Gasteiger partial charge in [0.05, 0.1) is 23.6 Å². The lowest BCUT2D eigenvalue weighted by Crippen LogP contribution is -2.48. The molecule has 0 unspecified atom stereocenters. The van der Waals surface area contributed by atoms with Crippen molar-refractivity contribution in [2.24, 2.45) is 11.8 Å². The molecule has 46 heavy (non-hydrogen) atoms. The van der Waals surface area contributed by atoms with Crippen LogP contribution in [0.2, 0.25) is 0 Å². The monoisotopic (exact) mass is 650 g/mol. The van der Waals surface area contributed by atoms with Crippen LogP contribution in [0.5, 0.6) is 0 Å². The largest absolute Gasteiger partial charge is 0.391 e. The Hall–Kier alpha value is -4.22. The lowest BCUT2D eigenvalue weighted by molar-refractivity contribution is -0.131. The standard InChI is InChI=1S/C35H46N4O6S/c1-24(2)19-31(32(40)20-25(3)33(41)37-26(4)34(42)36-22-27-13-8-6-9-14-27)38-35(43)29-17-12-18-30(21-29)39(5)46(44,45)23-28-15-10-7-11-16-28/h6-18,21,24-26,31-32,40H,19-20,22-23H2,1-5H3,(H,36,42)(H,37,41)(H,38,43)/t25-,26+,31+,32+/m1/s1. The zero-order valence-electron chi connectivity index (χ0n) is 27.1. The highest BCUT2D eigenvalue weighted by atomic mass is 32.2. The average molecular weight is 651 g/mol. The minimum atomic E-state index is -3.71. The fourth-order valence-corrected chi connectivity index (χ4v) is 6.19. The molecule has 0 saturated heterocycles. The Morgan fingerprint density at radius 2 is 1.39 bits per heavy atom. The third-order valence-electron chi connectivity index (χ3n) is 7.69. The second-order valence-electron chi connectivity index (χ2n) is 12.1. The number of aliphatic hydroxyl groups is 1. The zero-order valence-corrected chi connectivity index (χ0v) is 28.0. The summed E-state index contributed by atoms with van der Waals surface area (Å²) in [6, 6.07) is 23.1. The fraction of sp³-hybridized carbons (Fsp3) is 0.400. The molecular weight excluding hydrogens is 604 g/mol. The molecule has 0 aliphatic rings. The van der Waals surface area contributed by atoms with E-state index >= 15 is 0 Å². The predicted molar refractivity (Wildman–Crippen MR) is 180 cm³/mol. The predicted octanol–water partition coefficient (Wildman–Crippen LogP) is 4.01. The SMILES string of the molecule is CC(C)C[C@H](NC(=O)c1cccc(N(C)S(=O)(=O)Cc2ccccc2)c1)[C@@H](O)C[C@@H](C)C(=O)N[C@@H](C)C(=O)NCc1ccccc1. The summed E-state index contributed by atoms with van der Waals surface area (Å²) in [5.74, 6) is -1.89. The van der Waals surface area contributed by atoms with Gasteiger partial charge >= 0.3 is 0 Å². The maximum Gasteiger partial charge on any atom is 0.251 e. The normalized spacial score (nSPS) is 14.1. The molecule has 0 aromatic heterocycles. The summed E-state index contributed by atoms with van der Waals surface area (Å²) in [6.07, 6.45) is -0.543. The van der Waals surface area contributed by atoms with E-state index in [-0.39, 0.29) is 35.5 Å². The van der Waals surface area contributed by atoms with Crippen molar-refractivity contribution in [1.29, 1.82) is 0 Å². The van der Waals surface area contributed by atoms with Gasteiger partial charge in [0.25, 0.3) is 5.91 Å². The number of hydrogen-bond donors (Lipinski definition) is 4. The third kappa shape index (κ3) is 11.0. The molecule has 3 amide bonds. The molecule has 0 saturated carbocycles. The number of nitrogens with zero attached hydrogens (tertiary/aromatic N) is 1. The van der Waals surface area contributed by atoms with Crippen molar-refractivity contribution in [2.45, 2.75) is 71.0 Å². The summed E-state index contributed by atoms with van der Waals surface area (Å²) in [4.78, 5) is 38.8. The van der Waals surface area contributed by atoms with Gasteiger partial charge < -0.3 is 21.1 Å². The van der Waals surface area contributed by atoms with Crippen molar-refractivity contribution in [2.75, 3.05) is 11.4 Å². The lowest BCUT2D eigenvalue weighted by atomic mass is 9.92. The molecule has 4 atom stereocenters. The van der Waals surface area contributed by atoms with Gasteiger partial charge in [-0.2, -0.15) is 0 Å². The van der Waals surface area contributed by atoms with Crippen LogP contribution in [0.3, 0.4) is 0 Å². The number of anilines is 1. The molecule has 0 heterocycles. The van der Waals surface area contributed by atoms with Crippen molar-refractivity contribution in [3.63, 3.8) is 0 Å². The number of aliphatic hydroxyl groups excluding tert-OH is 1. The first-order valence-corrected chi connectivity index (χ1v) is 17.1. The molecule has 0 radical (unpaired) electrons. The first-order chi connectivity index (χ1) is 21.8. The molecule has 0 aliphatic heterocycles. The number of amides is 3. The Morgan fingerprint density at radius 3 is 2.00 bits per heavy atom. The second kappa shape index (κ2) is 16.9. The second-order valence-corrected chi connectivity index (χ2v) is 14.1. The number of hydrogen-bond acceptors (Lipinski definition) is 6. The van der Waals surface area contributed by atoms with E-state index in [9.17, 15) is 27.9 Å². The molecule has 3 aromatic carbocycles. The summed E-state index contributed by atoms with van der Waals surface area (Å²) in [7, 11) is -2.27.